The van der Waals surface area contributed by atoms with E-state index in [2.05, 4.69) is 46.5 Å². The monoisotopic (exact) mass is 394 g/mol. The van der Waals surface area contributed by atoms with Gasteiger partial charge in [0.25, 0.3) is 5.56 Å². The van der Waals surface area contributed by atoms with Crippen LogP contribution >= 0.6 is 0 Å². The molecule has 1 unspecified atom stereocenters. The zero-order valence-corrected chi connectivity index (χ0v) is 17.1. The smallest absolute Gasteiger partial charge is 0.290 e. The first kappa shape index (κ1) is 19.7. The van der Waals surface area contributed by atoms with Gasteiger partial charge in [-0.05, 0) is 38.2 Å². The van der Waals surface area contributed by atoms with Crippen LogP contribution in [0, 0.1) is 6.92 Å². The number of aromatic nitrogens is 2. The van der Waals surface area contributed by atoms with Crippen molar-refractivity contribution in [1.82, 2.24) is 15.3 Å². The van der Waals surface area contributed by atoms with Gasteiger partial charge in [0.05, 0.1) is 5.41 Å². The Hall–Kier alpha value is -2.63. The molecule has 4 rings (SSSR count). The van der Waals surface area contributed by atoms with E-state index in [9.17, 15) is 9.59 Å². The SMILES string of the molecule is Cc1cccc(C2(C(=O)NC3CCCN(c4ncc[nH]c4=O)C3)CCCCC2)c1. The Labute approximate surface area is 171 Å². The Morgan fingerprint density at radius 2 is 2.07 bits per heavy atom. The molecule has 29 heavy (non-hydrogen) atoms. The first-order valence-corrected chi connectivity index (χ1v) is 10.8. The average molecular weight is 395 g/mol. The second-order valence-electron chi connectivity index (χ2n) is 8.51. The molecule has 6 heteroatoms. The van der Waals surface area contributed by atoms with Crippen LogP contribution in [0.25, 0.3) is 0 Å². The first-order chi connectivity index (χ1) is 14.1. The molecule has 0 bridgehead atoms. The minimum atomic E-state index is -0.435. The highest BCUT2D eigenvalue weighted by atomic mass is 16.2. The van der Waals surface area contributed by atoms with E-state index in [1.807, 2.05) is 4.90 Å². The number of hydrogen-bond donors (Lipinski definition) is 2. The second-order valence-corrected chi connectivity index (χ2v) is 8.51. The lowest BCUT2D eigenvalue weighted by Gasteiger charge is -2.40. The van der Waals surface area contributed by atoms with E-state index in [0.29, 0.717) is 12.4 Å². The summed E-state index contributed by atoms with van der Waals surface area (Å²) in [5.74, 6) is 0.585. The van der Waals surface area contributed by atoms with Crippen molar-refractivity contribution in [3.63, 3.8) is 0 Å². The molecule has 1 aliphatic heterocycles. The molecule has 1 aromatic carbocycles. The molecule has 1 atom stereocenters. The summed E-state index contributed by atoms with van der Waals surface area (Å²) >= 11 is 0. The zero-order valence-electron chi connectivity index (χ0n) is 17.1. The predicted octanol–water partition coefficient (Wildman–Crippen LogP) is 3.07. The number of anilines is 1. The zero-order chi connectivity index (χ0) is 20.3. The van der Waals surface area contributed by atoms with Gasteiger partial charge in [0.15, 0.2) is 5.82 Å². The number of rotatable bonds is 4. The van der Waals surface area contributed by atoms with Crippen LogP contribution in [0.15, 0.2) is 41.5 Å². The lowest BCUT2D eigenvalue weighted by atomic mass is 9.68. The van der Waals surface area contributed by atoms with Gasteiger partial charge < -0.3 is 15.2 Å². The number of carbonyl (C=O) groups is 1. The summed E-state index contributed by atoms with van der Waals surface area (Å²) in [6, 6.07) is 8.45. The molecule has 154 valence electrons. The van der Waals surface area contributed by atoms with Gasteiger partial charge in [-0.25, -0.2) is 4.98 Å². The van der Waals surface area contributed by atoms with Crippen molar-refractivity contribution in [1.29, 1.82) is 0 Å². The van der Waals surface area contributed by atoms with Gasteiger partial charge in [0.2, 0.25) is 5.91 Å². The van der Waals surface area contributed by atoms with Crippen LogP contribution in [0.3, 0.4) is 0 Å². The van der Waals surface area contributed by atoms with Crippen LogP contribution in [-0.2, 0) is 10.2 Å². The van der Waals surface area contributed by atoms with Gasteiger partial charge >= 0.3 is 0 Å². The van der Waals surface area contributed by atoms with Crippen LogP contribution in [0.4, 0.5) is 5.82 Å². The molecular formula is C23H30N4O2. The van der Waals surface area contributed by atoms with Gasteiger partial charge in [-0.3, -0.25) is 9.59 Å². The summed E-state index contributed by atoms with van der Waals surface area (Å²) in [4.78, 5) is 34.6. The maximum atomic E-state index is 13.6. The highest BCUT2D eigenvalue weighted by Gasteiger charge is 2.42. The number of nitrogens with zero attached hydrogens (tertiary/aromatic N) is 2. The number of hydrogen-bond acceptors (Lipinski definition) is 4. The highest BCUT2D eigenvalue weighted by molar-refractivity contribution is 5.88. The summed E-state index contributed by atoms with van der Waals surface area (Å²) in [6.07, 6.45) is 10.2. The Morgan fingerprint density at radius 3 is 2.83 bits per heavy atom. The van der Waals surface area contributed by atoms with Gasteiger partial charge in [0, 0.05) is 31.5 Å². The van der Waals surface area contributed by atoms with Gasteiger partial charge in [0.1, 0.15) is 0 Å². The van der Waals surface area contributed by atoms with Crippen molar-refractivity contribution < 1.29 is 4.79 Å². The van der Waals surface area contributed by atoms with E-state index in [-0.39, 0.29) is 17.5 Å². The van der Waals surface area contributed by atoms with Crippen LogP contribution in [0.1, 0.15) is 56.1 Å². The molecule has 1 saturated heterocycles. The number of carbonyl (C=O) groups excluding carboxylic acids is 1. The van der Waals surface area contributed by atoms with E-state index >= 15 is 0 Å². The molecule has 2 heterocycles. The summed E-state index contributed by atoms with van der Waals surface area (Å²) in [5.41, 5.74) is 1.72. The standard InChI is InChI=1S/C23H30N4O2/c1-17-7-5-8-18(15-17)23(10-3-2-4-11-23)22(29)26-19-9-6-14-27(16-19)20-21(28)25-13-12-24-20/h5,7-8,12-13,15,19H,2-4,6,9-11,14,16H2,1H3,(H,25,28)(H,26,29). The Bertz CT molecular complexity index is 917. The van der Waals surface area contributed by atoms with Crippen molar-refractivity contribution in [2.24, 2.45) is 0 Å². The quantitative estimate of drug-likeness (QED) is 0.835. The van der Waals surface area contributed by atoms with Crippen LogP contribution < -0.4 is 15.8 Å². The number of aromatic amines is 1. The molecule has 1 saturated carbocycles. The van der Waals surface area contributed by atoms with Crippen molar-refractivity contribution in [2.45, 2.75) is 63.3 Å². The van der Waals surface area contributed by atoms with Crippen molar-refractivity contribution >= 4 is 11.7 Å². The third kappa shape index (κ3) is 4.07. The highest BCUT2D eigenvalue weighted by Crippen LogP contribution is 2.40. The second kappa shape index (κ2) is 8.39. The van der Waals surface area contributed by atoms with E-state index in [1.54, 1.807) is 12.4 Å². The fraction of sp³-hybridized carbons (Fsp3) is 0.522. The van der Waals surface area contributed by atoms with Gasteiger partial charge in [-0.2, -0.15) is 0 Å². The minimum absolute atomic E-state index is 0.0290. The lowest BCUT2D eigenvalue weighted by Crippen LogP contribution is -2.54. The number of nitrogens with one attached hydrogen (secondary N) is 2. The van der Waals surface area contributed by atoms with Crippen LogP contribution in [0.5, 0.6) is 0 Å². The number of aryl methyl sites for hydroxylation is 1. The van der Waals surface area contributed by atoms with Crippen molar-refractivity contribution in [3.8, 4) is 0 Å². The maximum Gasteiger partial charge on any atom is 0.290 e. The predicted molar refractivity (Wildman–Crippen MR) is 114 cm³/mol. The van der Waals surface area contributed by atoms with E-state index in [4.69, 9.17) is 0 Å². The van der Waals surface area contributed by atoms with Gasteiger partial charge in [-0.15, -0.1) is 0 Å². The van der Waals surface area contributed by atoms with Crippen molar-refractivity contribution in [3.05, 3.63) is 58.1 Å². The molecule has 2 aliphatic rings. The largest absolute Gasteiger partial charge is 0.351 e. The fourth-order valence-electron chi connectivity index (χ4n) is 4.93. The molecule has 1 amide bonds. The molecule has 2 aromatic rings. The van der Waals surface area contributed by atoms with Crippen molar-refractivity contribution in [2.75, 3.05) is 18.0 Å². The number of amides is 1. The van der Waals surface area contributed by atoms with Crippen LogP contribution in [0.2, 0.25) is 0 Å². The molecule has 1 aromatic heterocycles. The minimum Gasteiger partial charge on any atom is -0.351 e. The van der Waals surface area contributed by atoms with E-state index in [1.165, 1.54) is 12.0 Å². The molecule has 0 spiro atoms. The number of benzene rings is 1. The third-order valence-electron chi connectivity index (χ3n) is 6.46. The Balaban J connectivity index is 1.53. The molecule has 2 N–H and O–H groups in total. The summed E-state index contributed by atoms with van der Waals surface area (Å²) in [6.45, 7) is 3.49. The van der Waals surface area contributed by atoms with E-state index in [0.717, 1.165) is 50.6 Å². The first-order valence-electron chi connectivity index (χ1n) is 10.8. The Kier molecular flexibility index (Phi) is 5.69. The van der Waals surface area contributed by atoms with Crippen LogP contribution in [-0.4, -0.2) is 35.0 Å². The molecular weight excluding hydrogens is 364 g/mol. The molecule has 2 fully saturated rings. The third-order valence-corrected chi connectivity index (χ3v) is 6.46. The summed E-state index contributed by atoms with van der Waals surface area (Å²) in [5, 5.41) is 3.35. The van der Waals surface area contributed by atoms with Gasteiger partial charge in [-0.1, -0.05) is 49.1 Å². The average Bonchev–Trinajstić information content (AvgIpc) is 2.75. The number of piperidine rings is 1. The Morgan fingerprint density at radius 1 is 1.24 bits per heavy atom. The normalized spacial score (nSPS) is 21.6. The fourth-order valence-corrected chi connectivity index (χ4v) is 4.93. The van der Waals surface area contributed by atoms with E-state index < -0.39 is 5.41 Å². The molecule has 1 aliphatic carbocycles. The topological polar surface area (TPSA) is 78.1 Å². The molecule has 0 radical (unpaired) electrons. The number of H-pyrrole nitrogens is 1. The molecule has 6 nitrogen and oxygen atoms in total. The summed E-state index contributed by atoms with van der Waals surface area (Å²) in [7, 11) is 0. The maximum absolute atomic E-state index is 13.6. The summed E-state index contributed by atoms with van der Waals surface area (Å²) < 4.78 is 0. The lowest BCUT2D eigenvalue weighted by molar-refractivity contribution is -0.128.